The molecular weight excluding hydrogens is 318 g/mol. The lowest BCUT2D eigenvalue weighted by molar-refractivity contribution is -0.138. The van der Waals surface area contributed by atoms with E-state index in [4.69, 9.17) is 5.11 Å². The summed E-state index contributed by atoms with van der Waals surface area (Å²) >= 11 is 0. The molecule has 1 rings (SSSR count). The van der Waals surface area contributed by atoms with Gasteiger partial charge in [0.1, 0.15) is 15.9 Å². The molecule has 2 N–H and O–H groups in total. The van der Waals surface area contributed by atoms with Gasteiger partial charge in [0.25, 0.3) is 0 Å². The molecule has 1 aromatic rings. The van der Waals surface area contributed by atoms with Crippen LogP contribution in [0, 0.1) is 0 Å². The number of carboxylic acid groups (broad SMARTS) is 1. The van der Waals surface area contributed by atoms with Gasteiger partial charge < -0.3 is 5.11 Å². The number of hydrogen-bond acceptors (Lipinski definition) is 5. The Balaban J connectivity index is 2.76. The molecule has 0 bridgehead atoms. The number of sulfonamides is 1. The molecule has 1 aromatic carbocycles. The summed E-state index contributed by atoms with van der Waals surface area (Å²) in [6.07, 6.45) is 0.898. The number of rotatable bonds is 8. The Morgan fingerprint density at radius 1 is 1.14 bits per heavy atom. The molecule has 1 unspecified atom stereocenters. The van der Waals surface area contributed by atoms with Crippen LogP contribution in [0.3, 0.4) is 0 Å². The molecule has 0 amide bonds. The summed E-state index contributed by atoms with van der Waals surface area (Å²) in [7, 11) is -7.43. The van der Waals surface area contributed by atoms with Crippen LogP contribution in [0.15, 0.2) is 30.3 Å². The minimum atomic E-state index is -3.99. The molecule has 7 nitrogen and oxygen atoms in total. The highest BCUT2D eigenvalue weighted by atomic mass is 32.2. The first kappa shape index (κ1) is 17.6. The van der Waals surface area contributed by atoms with Gasteiger partial charge in [-0.3, -0.25) is 4.79 Å². The van der Waals surface area contributed by atoms with Crippen molar-refractivity contribution in [3.63, 3.8) is 0 Å². The molecule has 0 fully saturated rings. The summed E-state index contributed by atoms with van der Waals surface area (Å²) < 4.78 is 47.5. The van der Waals surface area contributed by atoms with Crippen molar-refractivity contribution in [1.82, 2.24) is 4.72 Å². The molecule has 0 aliphatic heterocycles. The zero-order chi connectivity index (χ0) is 16.1. The van der Waals surface area contributed by atoms with Crippen LogP contribution in [0.1, 0.15) is 5.56 Å². The first-order valence-corrected chi connectivity index (χ1v) is 9.75. The van der Waals surface area contributed by atoms with Crippen molar-refractivity contribution in [3.8, 4) is 0 Å². The number of carboxylic acids is 1. The third kappa shape index (κ3) is 7.21. The maximum Gasteiger partial charge on any atom is 0.322 e. The molecule has 0 aliphatic rings. The van der Waals surface area contributed by atoms with Crippen LogP contribution in [0.25, 0.3) is 0 Å². The Morgan fingerprint density at radius 3 is 2.19 bits per heavy atom. The van der Waals surface area contributed by atoms with E-state index in [2.05, 4.69) is 0 Å². The zero-order valence-corrected chi connectivity index (χ0v) is 13.0. The van der Waals surface area contributed by atoms with Gasteiger partial charge in [-0.1, -0.05) is 30.3 Å². The number of hydrogen-bond donors (Lipinski definition) is 2. The van der Waals surface area contributed by atoms with Crippen LogP contribution in [-0.4, -0.2) is 51.7 Å². The first-order chi connectivity index (χ1) is 9.59. The fourth-order valence-corrected chi connectivity index (χ4v) is 4.39. The Morgan fingerprint density at radius 2 is 1.71 bits per heavy atom. The highest BCUT2D eigenvalue weighted by molar-refractivity contribution is 7.93. The highest BCUT2D eigenvalue weighted by Gasteiger charge is 2.25. The third-order valence-electron chi connectivity index (χ3n) is 2.63. The van der Waals surface area contributed by atoms with Crippen LogP contribution in [0.2, 0.25) is 0 Å². The topological polar surface area (TPSA) is 118 Å². The third-order valence-corrected chi connectivity index (χ3v) is 5.21. The zero-order valence-electron chi connectivity index (χ0n) is 11.4. The van der Waals surface area contributed by atoms with Crippen molar-refractivity contribution in [2.75, 3.05) is 17.8 Å². The van der Waals surface area contributed by atoms with Gasteiger partial charge in [0.2, 0.25) is 10.0 Å². The number of carbonyl (C=O) groups is 1. The summed E-state index contributed by atoms with van der Waals surface area (Å²) in [5.41, 5.74) is 0.663. The van der Waals surface area contributed by atoms with Gasteiger partial charge in [-0.2, -0.15) is 0 Å². The van der Waals surface area contributed by atoms with E-state index in [1.54, 1.807) is 30.3 Å². The van der Waals surface area contributed by atoms with E-state index in [1.807, 2.05) is 4.72 Å². The van der Waals surface area contributed by atoms with Crippen molar-refractivity contribution < 1.29 is 26.7 Å². The number of benzene rings is 1. The highest BCUT2D eigenvalue weighted by Crippen LogP contribution is 2.05. The van der Waals surface area contributed by atoms with Crippen LogP contribution < -0.4 is 4.72 Å². The SMILES string of the molecule is CS(=O)(=O)CCS(=O)(=O)NC(Cc1ccccc1)C(=O)O. The second-order valence-electron chi connectivity index (χ2n) is 4.65. The average Bonchev–Trinajstić information content (AvgIpc) is 2.36. The molecule has 0 heterocycles. The molecule has 0 radical (unpaired) electrons. The molecule has 0 saturated heterocycles. The fraction of sp³-hybridized carbons (Fsp3) is 0.417. The predicted molar refractivity (Wildman–Crippen MR) is 78.2 cm³/mol. The maximum absolute atomic E-state index is 11.7. The molecule has 0 aliphatic carbocycles. The van der Waals surface area contributed by atoms with E-state index in [-0.39, 0.29) is 6.42 Å². The summed E-state index contributed by atoms with van der Waals surface area (Å²) in [5.74, 6) is -2.54. The summed E-state index contributed by atoms with van der Waals surface area (Å²) in [6.45, 7) is 0. The van der Waals surface area contributed by atoms with Gasteiger partial charge in [-0.25, -0.2) is 21.6 Å². The van der Waals surface area contributed by atoms with Crippen LogP contribution >= 0.6 is 0 Å². The Kier molecular flexibility index (Phi) is 5.87. The van der Waals surface area contributed by atoms with Gasteiger partial charge in [0, 0.05) is 6.26 Å². The summed E-state index contributed by atoms with van der Waals surface area (Å²) in [6, 6.07) is 7.22. The largest absolute Gasteiger partial charge is 0.480 e. The minimum absolute atomic E-state index is 0.0196. The lowest BCUT2D eigenvalue weighted by Crippen LogP contribution is -2.44. The summed E-state index contributed by atoms with van der Waals surface area (Å²) in [5, 5.41) is 9.08. The lowest BCUT2D eigenvalue weighted by Gasteiger charge is -2.14. The van der Waals surface area contributed by atoms with E-state index >= 15 is 0 Å². The van der Waals surface area contributed by atoms with Crippen molar-refractivity contribution >= 4 is 25.8 Å². The van der Waals surface area contributed by atoms with Gasteiger partial charge >= 0.3 is 5.97 Å². The van der Waals surface area contributed by atoms with E-state index in [1.165, 1.54) is 0 Å². The molecule has 1 atom stereocenters. The van der Waals surface area contributed by atoms with Crippen molar-refractivity contribution in [2.45, 2.75) is 12.5 Å². The Bertz CT molecular complexity index is 682. The number of nitrogens with one attached hydrogen (secondary N) is 1. The monoisotopic (exact) mass is 335 g/mol. The van der Waals surface area contributed by atoms with E-state index in [9.17, 15) is 21.6 Å². The van der Waals surface area contributed by atoms with Crippen LogP contribution in [0.4, 0.5) is 0 Å². The van der Waals surface area contributed by atoms with Gasteiger partial charge in [-0.05, 0) is 12.0 Å². The van der Waals surface area contributed by atoms with Crippen molar-refractivity contribution in [1.29, 1.82) is 0 Å². The van der Waals surface area contributed by atoms with Crippen LogP contribution in [-0.2, 0) is 31.1 Å². The fourth-order valence-electron chi connectivity index (χ4n) is 1.57. The van der Waals surface area contributed by atoms with Crippen LogP contribution in [0.5, 0.6) is 0 Å². The second-order valence-corrected chi connectivity index (χ2v) is 8.78. The van der Waals surface area contributed by atoms with Gasteiger partial charge in [0.05, 0.1) is 11.5 Å². The van der Waals surface area contributed by atoms with Crippen molar-refractivity contribution in [2.24, 2.45) is 0 Å². The van der Waals surface area contributed by atoms with Gasteiger partial charge in [-0.15, -0.1) is 0 Å². The Hall–Kier alpha value is -1.45. The maximum atomic E-state index is 11.7. The first-order valence-electron chi connectivity index (χ1n) is 6.03. The molecule has 0 saturated carbocycles. The molecule has 9 heteroatoms. The quantitative estimate of drug-likeness (QED) is 0.670. The van der Waals surface area contributed by atoms with Crippen molar-refractivity contribution in [3.05, 3.63) is 35.9 Å². The Labute approximate surface area is 124 Å². The molecule has 0 spiro atoms. The molecule has 0 aromatic heterocycles. The normalized spacial score (nSPS) is 13.8. The standard InChI is InChI=1S/C12H17NO6S2/c1-20(16,17)7-8-21(18,19)13-11(12(14)15)9-10-5-3-2-4-6-10/h2-6,11,13H,7-9H2,1H3,(H,14,15). The average molecular weight is 335 g/mol. The smallest absolute Gasteiger partial charge is 0.322 e. The molecule has 118 valence electrons. The lowest BCUT2D eigenvalue weighted by atomic mass is 10.1. The summed E-state index contributed by atoms with van der Waals surface area (Å²) in [4.78, 5) is 11.1. The van der Waals surface area contributed by atoms with E-state index < -0.39 is 43.4 Å². The molecular formula is C12H17NO6S2. The minimum Gasteiger partial charge on any atom is -0.480 e. The second kappa shape index (κ2) is 7.01. The van der Waals surface area contributed by atoms with E-state index in [0.29, 0.717) is 5.56 Å². The number of sulfone groups is 1. The number of aliphatic carboxylic acids is 1. The van der Waals surface area contributed by atoms with E-state index in [0.717, 1.165) is 6.26 Å². The molecule has 21 heavy (non-hydrogen) atoms. The van der Waals surface area contributed by atoms with Gasteiger partial charge in [0.15, 0.2) is 0 Å². The predicted octanol–water partition coefficient (Wildman–Crippen LogP) is -0.354.